The number of halogens is 4. The van der Waals surface area contributed by atoms with E-state index >= 15 is 0 Å². The number of hydrogen-bond acceptors (Lipinski definition) is 2. The summed E-state index contributed by atoms with van der Waals surface area (Å²) in [6.45, 7) is 0. The largest absolute Gasteiger partial charge is 0.298 e. The molecule has 0 fully saturated rings. The third-order valence-electron chi connectivity index (χ3n) is 2.04. The van der Waals surface area contributed by atoms with Crippen LogP contribution in [0.3, 0.4) is 0 Å². The first-order valence-electron chi connectivity index (χ1n) is 5.27. The molecule has 104 valence electrons. The van der Waals surface area contributed by atoms with Crippen molar-refractivity contribution >= 4 is 59.0 Å². The van der Waals surface area contributed by atoms with Crippen molar-refractivity contribution in [1.82, 2.24) is 0 Å². The summed E-state index contributed by atoms with van der Waals surface area (Å²) in [6.07, 6.45) is 1.41. The lowest BCUT2D eigenvalue weighted by Gasteiger charge is -1.92. The Hall–Kier alpha value is -1.06. The number of benzene rings is 2. The highest BCUT2D eigenvalue weighted by Gasteiger charge is 1.95. The molecule has 0 saturated carbocycles. The highest BCUT2D eigenvalue weighted by Crippen LogP contribution is 2.18. The van der Waals surface area contributed by atoms with Gasteiger partial charge >= 0.3 is 0 Å². The first-order chi connectivity index (χ1) is 9.44. The first kappa shape index (κ1) is 17.0. The van der Waals surface area contributed by atoms with E-state index in [0.29, 0.717) is 43.8 Å². The molecule has 0 spiro atoms. The minimum atomic E-state index is 0.481. The maximum absolute atomic E-state index is 10.2. The van der Waals surface area contributed by atoms with Crippen molar-refractivity contribution in [3.05, 3.63) is 67.6 Å². The third kappa shape index (κ3) is 5.93. The molecule has 0 N–H and O–H groups in total. The molecule has 0 atom stereocenters. The van der Waals surface area contributed by atoms with Gasteiger partial charge in [0.15, 0.2) is 0 Å². The van der Waals surface area contributed by atoms with Gasteiger partial charge in [0.25, 0.3) is 0 Å². The summed E-state index contributed by atoms with van der Waals surface area (Å²) in [6, 6.07) is 9.38. The fraction of sp³-hybridized carbons (Fsp3) is 0. The molecule has 0 saturated heterocycles. The molecule has 0 unspecified atom stereocenters. The van der Waals surface area contributed by atoms with Gasteiger partial charge in [-0.05, 0) is 36.4 Å². The number of rotatable bonds is 2. The van der Waals surface area contributed by atoms with E-state index in [1.165, 1.54) is 0 Å². The van der Waals surface area contributed by atoms with Gasteiger partial charge in [-0.15, -0.1) is 0 Å². The summed E-state index contributed by atoms with van der Waals surface area (Å²) >= 11 is 22.3. The molecule has 0 aliphatic heterocycles. The SMILES string of the molecule is O=Cc1cc(Cl)cc(Cl)c1.O=Cc1cc(Cl)cc(Cl)c1. The fourth-order valence-corrected chi connectivity index (χ4v) is 2.37. The van der Waals surface area contributed by atoms with Gasteiger partial charge < -0.3 is 0 Å². The Balaban J connectivity index is 0.000000200. The monoisotopic (exact) mass is 348 g/mol. The van der Waals surface area contributed by atoms with Gasteiger partial charge in [0.1, 0.15) is 12.6 Å². The quantitative estimate of drug-likeness (QED) is 0.660. The molecule has 0 bridgehead atoms. The maximum atomic E-state index is 10.2. The van der Waals surface area contributed by atoms with Crippen molar-refractivity contribution in [1.29, 1.82) is 0 Å². The van der Waals surface area contributed by atoms with E-state index in [1.54, 1.807) is 36.4 Å². The van der Waals surface area contributed by atoms with E-state index < -0.39 is 0 Å². The highest BCUT2D eigenvalue weighted by atomic mass is 35.5. The molecule has 2 nitrogen and oxygen atoms in total. The van der Waals surface area contributed by atoms with E-state index in [-0.39, 0.29) is 0 Å². The van der Waals surface area contributed by atoms with Gasteiger partial charge in [0, 0.05) is 31.2 Å². The van der Waals surface area contributed by atoms with E-state index in [4.69, 9.17) is 46.4 Å². The first-order valence-corrected chi connectivity index (χ1v) is 6.78. The van der Waals surface area contributed by atoms with Crippen LogP contribution in [0.5, 0.6) is 0 Å². The Morgan fingerprint density at radius 3 is 1.00 bits per heavy atom. The molecule has 0 aliphatic rings. The summed E-state index contributed by atoms with van der Waals surface area (Å²) in [4.78, 5) is 20.4. The Bertz CT molecular complexity index is 531. The molecular weight excluding hydrogens is 342 g/mol. The van der Waals surface area contributed by atoms with Crippen molar-refractivity contribution < 1.29 is 9.59 Å². The van der Waals surface area contributed by atoms with E-state index in [0.717, 1.165) is 0 Å². The van der Waals surface area contributed by atoms with Gasteiger partial charge in [-0.3, -0.25) is 9.59 Å². The van der Waals surface area contributed by atoms with Gasteiger partial charge in [-0.1, -0.05) is 46.4 Å². The minimum absolute atomic E-state index is 0.481. The third-order valence-corrected chi connectivity index (χ3v) is 2.91. The summed E-state index contributed by atoms with van der Waals surface area (Å²) in [7, 11) is 0. The molecular formula is C14H8Cl4O2. The van der Waals surface area contributed by atoms with Gasteiger partial charge in [0.2, 0.25) is 0 Å². The van der Waals surface area contributed by atoms with Gasteiger partial charge in [-0.2, -0.15) is 0 Å². The van der Waals surface area contributed by atoms with Gasteiger partial charge in [-0.25, -0.2) is 0 Å². The lowest BCUT2D eigenvalue weighted by molar-refractivity contribution is 0.111. The standard InChI is InChI=1S/2C7H4Cl2O/c2*8-6-1-5(4-10)2-7(9)3-6/h2*1-4H. The van der Waals surface area contributed by atoms with E-state index in [1.807, 2.05) is 0 Å². The van der Waals surface area contributed by atoms with Crippen molar-refractivity contribution in [2.75, 3.05) is 0 Å². The van der Waals surface area contributed by atoms with Gasteiger partial charge in [0.05, 0.1) is 0 Å². The van der Waals surface area contributed by atoms with Crippen LogP contribution in [-0.2, 0) is 0 Å². The number of carbonyl (C=O) groups is 2. The van der Waals surface area contributed by atoms with Crippen LogP contribution in [-0.4, -0.2) is 12.6 Å². The second-order valence-corrected chi connectivity index (χ2v) is 5.39. The average molecular weight is 350 g/mol. The van der Waals surface area contributed by atoms with Crippen LogP contribution in [0.15, 0.2) is 36.4 Å². The van der Waals surface area contributed by atoms with E-state index in [9.17, 15) is 9.59 Å². The van der Waals surface area contributed by atoms with Crippen molar-refractivity contribution in [2.45, 2.75) is 0 Å². The number of hydrogen-bond donors (Lipinski definition) is 0. The topological polar surface area (TPSA) is 34.1 Å². The summed E-state index contributed by atoms with van der Waals surface area (Å²) < 4.78 is 0. The van der Waals surface area contributed by atoms with Crippen LogP contribution in [0.4, 0.5) is 0 Å². The molecule has 2 aromatic carbocycles. The number of aldehydes is 2. The molecule has 0 radical (unpaired) electrons. The maximum Gasteiger partial charge on any atom is 0.150 e. The molecule has 2 aromatic rings. The van der Waals surface area contributed by atoms with Crippen LogP contribution >= 0.6 is 46.4 Å². The average Bonchev–Trinajstić information content (AvgIpc) is 2.37. The minimum Gasteiger partial charge on any atom is -0.298 e. The van der Waals surface area contributed by atoms with Crippen LogP contribution in [0.1, 0.15) is 20.7 Å². The van der Waals surface area contributed by atoms with Crippen LogP contribution in [0.25, 0.3) is 0 Å². The summed E-state index contributed by atoms with van der Waals surface area (Å²) in [5.41, 5.74) is 0.995. The highest BCUT2D eigenvalue weighted by molar-refractivity contribution is 6.35. The van der Waals surface area contributed by atoms with Crippen molar-refractivity contribution in [3.8, 4) is 0 Å². The van der Waals surface area contributed by atoms with Crippen LogP contribution in [0, 0.1) is 0 Å². The second kappa shape index (κ2) is 8.28. The lowest BCUT2D eigenvalue weighted by atomic mass is 10.2. The fourth-order valence-electron chi connectivity index (χ4n) is 1.29. The van der Waals surface area contributed by atoms with Crippen molar-refractivity contribution in [3.63, 3.8) is 0 Å². The molecule has 20 heavy (non-hydrogen) atoms. The Morgan fingerprint density at radius 1 is 0.550 bits per heavy atom. The zero-order valence-electron chi connectivity index (χ0n) is 9.95. The zero-order chi connectivity index (χ0) is 15.1. The second-order valence-electron chi connectivity index (χ2n) is 3.64. The summed E-state index contributed by atoms with van der Waals surface area (Å²) in [5.74, 6) is 0. The van der Waals surface area contributed by atoms with Crippen LogP contribution < -0.4 is 0 Å². The molecule has 0 aromatic heterocycles. The van der Waals surface area contributed by atoms with Crippen LogP contribution in [0.2, 0.25) is 20.1 Å². The lowest BCUT2D eigenvalue weighted by Crippen LogP contribution is -1.77. The number of carbonyl (C=O) groups excluding carboxylic acids is 2. The Morgan fingerprint density at radius 2 is 0.800 bits per heavy atom. The predicted molar refractivity (Wildman–Crippen MR) is 83.7 cm³/mol. The van der Waals surface area contributed by atoms with Crippen molar-refractivity contribution in [2.24, 2.45) is 0 Å². The molecule has 0 heterocycles. The Kier molecular flexibility index (Phi) is 7.03. The normalized spacial score (nSPS) is 9.40. The zero-order valence-corrected chi connectivity index (χ0v) is 13.0. The Labute approximate surface area is 136 Å². The van der Waals surface area contributed by atoms with E-state index in [2.05, 4.69) is 0 Å². The smallest absolute Gasteiger partial charge is 0.150 e. The predicted octanol–water partition coefficient (Wildman–Crippen LogP) is 5.61. The molecule has 2 rings (SSSR count). The summed E-state index contributed by atoms with van der Waals surface area (Å²) in [5, 5.41) is 1.92. The molecule has 6 heteroatoms. The molecule has 0 amide bonds. The molecule has 0 aliphatic carbocycles.